The molecular formula is C60H6N48. The molecule has 3 N–H and O–H groups in total. The number of aromatic amines is 3. The van der Waals surface area contributed by atoms with Gasteiger partial charge in [0.2, 0.25) is 33.8 Å². The molecule has 0 aliphatic carbocycles. The van der Waals surface area contributed by atoms with Crippen LogP contribution in [0, 0.1) is 166 Å². The molecule has 3 atom stereocenters. The highest BCUT2D eigenvalue weighted by atomic mass is 15.2. The maximum Gasteiger partial charge on any atom is 0.339 e. The standard InChI is InChI=1S/C30H6N24.C30N24/c2*1-36-15(22-51-27-28(52-22)50-20(37-2)14(9-35)42-27)21-44-16(10(5-31)18-46-25-26(47-18)41-13(8-34)12(7-33)40-25)43-17(45-21)11(6-32)19-48-29-30(49-19)54-24(39-4)23(38-3)53-29/h10-11,15H,(H,40,41,46,47)(H,42,50,51,52)(H,48,49,53,54);/b;22-15-. The number of hydrogen-bond donors (Lipinski definition) is 3. The van der Waals surface area contributed by atoms with Crippen molar-refractivity contribution in [3.05, 3.63) is 228 Å². The molecule has 108 heavy (non-hydrogen) atoms. The Bertz CT molecular complexity index is 6440. The number of allylic oxidation sites excluding steroid dienone is 2. The van der Waals surface area contributed by atoms with Crippen LogP contribution in [0.3, 0.4) is 0 Å². The number of imidazole rings is 3. The number of nitrogens with one attached hydrogen (secondary N) is 3. The van der Waals surface area contributed by atoms with Crippen LogP contribution in [0.5, 0.6) is 0 Å². The summed E-state index contributed by atoms with van der Waals surface area (Å²) >= 11 is 0. The first-order chi connectivity index (χ1) is 52.6. The van der Waals surface area contributed by atoms with Crippen LogP contribution in [0.1, 0.15) is 104 Å². The molecule has 3 unspecified atom stereocenters. The van der Waals surface area contributed by atoms with Gasteiger partial charge in [-0.3, -0.25) is 9.83 Å². The zero-order valence-electron chi connectivity index (χ0n) is 51.9. The van der Waals surface area contributed by atoms with E-state index in [0.29, 0.717) is 0 Å². The zero-order valence-corrected chi connectivity index (χ0v) is 51.9. The van der Waals surface area contributed by atoms with E-state index in [9.17, 15) is 52.6 Å². The molecule has 3 aliphatic heterocycles. The normalized spacial score (nSPS) is 12.5. The molecule has 11 aromatic heterocycles. The molecule has 0 aromatic carbocycles. The molecular weight excluding hydrogens is 1390 g/mol. The molecule has 14 rings (SSSR count). The highest BCUT2D eigenvalue weighted by molar-refractivity contribution is 5.81. The lowest BCUT2D eigenvalue weighted by Crippen LogP contribution is -2.31. The fourth-order valence-corrected chi connectivity index (χ4v) is 9.37. The SMILES string of the molecule is [C-]#[N+]/C(=C1/N=c2nc(C#N)c([N+]#[C-])nc2=N1)c1nc(C(C#N)=C2N=c3nc(C#N)c(C#N)nc3=N2)nc(C(C#N)=C2N=c3nc([N+]#[C-])c([N+]#[C-])nc3=N2)n1.[C-]#[N+]c1nc2[nH]c(C([N+]#[C-])c3nc(C(C#N)c4nc5nc(C#N)c(C#N)nc5[nH]4)nc(C(C#N)c4nc5nc([N+]#[C-])c([N+]#[C-])nc5[nH]4)n3)nc2nc1C#N. The molecule has 0 saturated carbocycles. The van der Waals surface area contributed by atoms with E-state index in [0.717, 1.165) is 0 Å². The van der Waals surface area contributed by atoms with Crippen LogP contribution in [0.2, 0.25) is 0 Å². The third-order valence-corrected chi connectivity index (χ3v) is 14.0. The molecule has 486 valence electrons. The largest absolute Gasteiger partial charge is 0.370 e. The zero-order chi connectivity index (χ0) is 76.2. The number of rotatable bonds is 9. The summed E-state index contributed by atoms with van der Waals surface area (Å²) in [7, 11) is 0. The van der Waals surface area contributed by atoms with E-state index in [4.69, 9.17) is 52.6 Å². The van der Waals surface area contributed by atoms with Gasteiger partial charge in [-0.15, -0.1) is 19.9 Å². The minimum Gasteiger partial charge on any atom is -0.370 e. The quantitative estimate of drug-likeness (QED) is 0.133. The topological polar surface area (TPSA) is 665 Å². The van der Waals surface area contributed by atoms with Crippen molar-refractivity contribution in [1.82, 2.24) is 120 Å². The van der Waals surface area contributed by atoms with Crippen molar-refractivity contribution in [2.75, 3.05) is 0 Å². The minimum atomic E-state index is -1.50. The second-order valence-electron chi connectivity index (χ2n) is 20.0. The van der Waals surface area contributed by atoms with Crippen LogP contribution in [-0.2, 0) is 0 Å². The number of fused-ring (bicyclic) bond motifs is 6. The summed E-state index contributed by atoms with van der Waals surface area (Å²) in [5, 5.41) is 97.7. The predicted molar refractivity (Wildman–Crippen MR) is 336 cm³/mol. The Balaban J connectivity index is 0.000000190. The Labute approximate surface area is 592 Å². The van der Waals surface area contributed by atoms with Gasteiger partial charge in [0.05, 0.1) is 18.7 Å². The summed E-state index contributed by atoms with van der Waals surface area (Å²) < 4.78 is 0. The van der Waals surface area contributed by atoms with E-state index < -0.39 is 52.2 Å². The minimum absolute atomic E-state index is 0.0272. The Kier molecular flexibility index (Phi) is 16.6. The smallest absolute Gasteiger partial charge is 0.339 e. The summed E-state index contributed by atoms with van der Waals surface area (Å²) in [6, 6.07) is 16.6. The monoisotopic (exact) mass is 1400 g/mol. The molecule has 48 nitrogen and oxygen atoms in total. The first-order valence-corrected chi connectivity index (χ1v) is 28.2. The number of hydrogen-bond acceptors (Lipinski definition) is 37. The second kappa shape index (κ2) is 27.0. The summed E-state index contributed by atoms with van der Waals surface area (Å²) in [5.74, 6) is -9.02. The van der Waals surface area contributed by atoms with Crippen molar-refractivity contribution in [2.45, 2.75) is 17.9 Å². The van der Waals surface area contributed by atoms with Crippen molar-refractivity contribution < 1.29 is 0 Å². The average Bonchev–Trinajstić information content (AvgIpc) is 1.54. The fourth-order valence-electron chi connectivity index (χ4n) is 9.37. The lowest BCUT2D eigenvalue weighted by Gasteiger charge is -2.12. The molecule has 14 heterocycles. The number of H-pyrrole nitrogens is 3. The average molecular weight is 1400 g/mol. The maximum atomic E-state index is 10.4. The van der Waals surface area contributed by atoms with Crippen LogP contribution >= 0.6 is 0 Å². The molecule has 0 spiro atoms. The summed E-state index contributed by atoms with van der Waals surface area (Å²) in [6.45, 7) is 59.8. The number of nitriles is 10. The van der Waals surface area contributed by atoms with Gasteiger partial charge in [-0.2, -0.15) is 72.6 Å². The van der Waals surface area contributed by atoms with E-state index in [-0.39, 0.29) is 188 Å². The van der Waals surface area contributed by atoms with Gasteiger partial charge in [-0.1, -0.05) is 49.4 Å². The predicted octanol–water partition coefficient (Wildman–Crippen LogP) is 0.755. The highest BCUT2D eigenvalue weighted by Gasteiger charge is 2.36. The van der Waals surface area contributed by atoms with Crippen molar-refractivity contribution in [3.8, 4) is 60.7 Å². The molecule has 0 fully saturated rings. The Morgan fingerprint density at radius 1 is 0.306 bits per heavy atom. The number of nitrogens with zero attached hydrogens (tertiary/aromatic N) is 45. The maximum absolute atomic E-state index is 10.4. The molecule has 48 heteroatoms. The van der Waals surface area contributed by atoms with Crippen molar-refractivity contribution in [3.63, 3.8) is 0 Å². The first kappa shape index (κ1) is 66.4. The van der Waals surface area contributed by atoms with Gasteiger partial charge in [-0.25, -0.2) is 96.2 Å². The second-order valence-corrected chi connectivity index (χ2v) is 20.0. The van der Waals surface area contributed by atoms with Gasteiger partial charge in [0.25, 0.3) is 45.8 Å². The Hall–Kier alpha value is -20.2. The lowest BCUT2D eigenvalue weighted by atomic mass is 10.1. The lowest BCUT2D eigenvalue weighted by molar-refractivity contribution is 0.701. The molecule has 0 radical (unpaired) electrons. The third-order valence-electron chi connectivity index (χ3n) is 14.0. The van der Waals surface area contributed by atoms with Crippen LogP contribution < -0.4 is 32.9 Å². The molecule has 0 bridgehead atoms. The van der Waals surface area contributed by atoms with E-state index in [1.807, 2.05) is 24.3 Å². The van der Waals surface area contributed by atoms with Gasteiger partial charge >= 0.3 is 34.3 Å². The number of aromatic nitrogens is 24. The van der Waals surface area contributed by atoms with E-state index in [1.54, 1.807) is 36.4 Å². The molecule has 0 amide bonds. The van der Waals surface area contributed by atoms with Crippen LogP contribution in [0.4, 0.5) is 34.9 Å². The van der Waals surface area contributed by atoms with Crippen LogP contribution in [0.25, 0.3) is 89.5 Å². The van der Waals surface area contributed by atoms with E-state index >= 15 is 0 Å². The van der Waals surface area contributed by atoms with Crippen molar-refractivity contribution in [1.29, 1.82) is 52.6 Å². The van der Waals surface area contributed by atoms with Gasteiger partial charge < -0.3 is 39.0 Å². The Morgan fingerprint density at radius 2 is 0.639 bits per heavy atom. The molecule has 3 aliphatic rings. The summed E-state index contributed by atoms with van der Waals surface area (Å²) in [6.07, 6.45) is 0. The fraction of sp³-hybridized carbons (Fsp3) is 0.0500. The van der Waals surface area contributed by atoms with E-state index in [2.05, 4.69) is 188 Å². The highest BCUT2D eigenvalue weighted by Crippen LogP contribution is 2.33. The third kappa shape index (κ3) is 11.5. The summed E-state index contributed by atoms with van der Waals surface area (Å²) in [5.41, 5.74) is -4.97. The molecule has 0 saturated heterocycles. The molecule has 11 aromatic rings. The van der Waals surface area contributed by atoms with Gasteiger partial charge in [0.15, 0.2) is 104 Å². The summed E-state index contributed by atoms with van der Waals surface area (Å²) in [4.78, 5) is 146. The van der Waals surface area contributed by atoms with Crippen molar-refractivity contribution in [2.24, 2.45) is 30.0 Å². The Morgan fingerprint density at radius 3 is 1.08 bits per heavy atom. The first-order valence-electron chi connectivity index (χ1n) is 28.2. The van der Waals surface area contributed by atoms with Gasteiger partial charge in [0, 0.05) is 0 Å². The van der Waals surface area contributed by atoms with Gasteiger partial charge in [-0.05, 0) is 0 Å². The van der Waals surface area contributed by atoms with Crippen LogP contribution in [-0.4, -0.2) is 120 Å². The van der Waals surface area contributed by atoms with E-state index in [1.165, 1.54) is 0 Å². The van der Waals surface area contributed by atoms with Crippen LogP contribution in [0.15, 0.2) is 47.4 Å². The van der Waals surface area contributed by atoms with Gasteiger partial charge in [0.1, 0.15) is 71.3 Å². The van der Waals surface area contributed by atoms with Crippen molar-refractivity contribution >= 4 is 85.6 Å².